The van der Waals surface area contributed by atoms with Crippen molar-refractivity contribution < 1.29 is 0 Å². The molecule has 2 N–H and O–H groups in total. The number of rotatable bonds is 8. The van der Waals surface area contributed by atoms with Crippen molar-refractivity contribution in [3.8, 4) is 0 Å². The van der Waals surface area contributed by atoms with Gasteiger partial charge < -0.3 is 5.73 Å². The molecule has 0 aliphatic heterocycles. The Hall–Kier alpha value is 0.270. The monoisotopic (exact) mass is 218 g/mol. The van der Waals surface area contributed by atoms with Crippen LogP contribution < -0.4 is 5.73 Å². The van der Waals surface area contributed by atoms with E-state index in [0.29, 0.717) is 12.1 Å². The third-order valence-corrected chi connectivity index (χ3v) is 3.55. The van der Waals surface area contributed by atoms with Crippen molar-refractivity contribution in [1.29, 1.82) is 0 Å². The summed E-state index contributed by atoms with van der Waals surface area (Å²) in [6, 6.07) is 1.22. The molecule has 0 saturated heterocycles. The molecule has 2 atom stereocenters. The van der Waals surface area contributed by atoms with Gasteiger partial charge in [0.15, 0.2) is 0 Å². The Morgan fingerprint density at radius 3 is 2.43 bits per heavy atom. The van der Waals surface area contributed by atoms with Gasteiger partial charge in [0.05, 0.1) is 0 Å². The lowest BCUT2D eigenvalue weighted by Crippen LogP contribution is -2.43. The maximum Gasteiger partial charge on any atom is 0.0226 e. The highest BCUT2D eigenvalue weighted by molar-refractivity contribution is 7.98. The fourth-order valence-electron chi connectivity index (χ4n) is 1.72. The van der Waals surface area contributed by atoms with Crippen LogP contribution in [0.15, 0.2) is 0 Å². The third kappa shape index (κ3) is 5.23. The highest BCUT2D eigenvalue weighted by atomic mass is 32.2. The van der Waals surface area contributed by atoms with Crippen molar-refractivity contribution in [2.24, 2.45) is 5.73 Å². The van der Waals surface area contributed by atoms with Gasteiger partial charge in [-0.15, -0.1) is 0 Å². The minimum atomic E-state index is 0.559. The predicted molar refractivity (Wildman–Crippen MR) is 68.0 cm³/mol. The molecule has 0 aromatic rings. The summed E-state index contributed by atoms with van der Waals surface area (Å²) in [6.07, 6.45) is 5.89. The van der Waals surface area contributed by atoms with Crippen molar-refractivity contribution in [2.45, 2.75) is 45.2 Å². The normalized spacial score (nSPS) is 15.9. The van der Waals surface area contributed by atoms with Crippen molar-refractivity contribution in [2.75, 3.05) is 25.6 Å². The molecule has 2 unspecified atom stereocenters. The van der Waals surface area contributed by atoms with E-state index < -0.39 is 0 Å². The Labute approximate surface area is 93.6 Å². The minimum Gasteiger partial charge on any atom is -0.329 e. The summed E-state index contributed by atoms with van der Waals surface area (Å²) in [5.41, 5.74) is 5.80. The van der Waals surface area contributed by atoms with Crippen LogP contribution in [0.4, 0.5) is 0 Å². The van der Waals surface area contributed by atoms with Gasteiger partial charge >= 0.3 is 0 Å². The molecule has 14 heavy (non-hydrogen) atoms. The molecule has 0 saturated carbocycles. The molecule has 0 amide bonds. The second-order valence-electron chi connectivity index (χ2n) is 3.97. The van der Waals surface area contributed by atoms with Crippen LogP contribution in [-0.2, 0) is 0 Å². The quantitative estimate of drug-likeness (QED) is 0.677. The molecule has 86 valence electrons. The van der Waals surface area contributed by atoms with Crippen LogP contribution in [0.5, 0.6) is 0 Å². The van der Waals surface area contributed by atoms with Crippen molar-refractivity contribution in [3.05, 3.63) is 0 Å². The average molecular weight is 218 g/mol. The minimum absolute atomic E-state index is 0.559. The average Bonchev–Trinajstić information content (AvgIpc) is 2.19. The summed E-state index contributed by atoms with van der Waals surface area (Å²) in [5, 5.41) is 0. The van der Waals surface area contributed by atoms with Crippen LogP contribution in [0.1, 0.15) is 33.1 Å². The molecule has 0 rings (SSSR count). The van der Waals surface area contributed by atoms with Crippen LogP contribution in [-0.4, -0.2) is 42.6 Å². The van der Waals surface area contributed by atoms with Gasteiger partial charge in [-0.2, -0.15) is 11.8 Å². The molecule has 0 radical (unpaired) electrons. The molecular weight excluding hydrogens is 192 g/mol. The predicted octanol–water partition coefficient (Wildman–Crippen LogP) is 2.19. The first-order chi connectivity index (χ1) is 6.67. The molecule has 0 heterocycles. The number of hydrogen-bond donors (Lipinski definition) is 1. The second kappa shape index (κ2) is 8.57. The Bertz CT molecular complexity index is 130. The topological polar surface area (TPSA) is 29.3 Å². The summed E-state index contributed by atoms with van der Waals surface area (Å²) < 4.78 is 0. The smallest absolute Gasteiger partial charge is 0.0226 e. The first-order valence-corrected chi connectivity index (χ1v) is 6.97. The molecule has 0 aromatic heterocycles. The van der Waals surface area contributed by atoms with Crippen LogP contribution in [0.2, 0.25) is 0 Å². The van der Waals surface area contributed by atoms with Crippen molar-refractivity contribution >= 4 is 11.8 Å². The summed E-state index contributed by atoms with van der Waals surface area (Å²) >= 11 is 1.91. The van der Waals surface area contributed by atoms with E-state index in [-0.39, 0.29) is 0 Å². The number of thioether (sulfide) groups is 1. The lowest BCUT2D eigenvalue weighted by atomic mass is 10.1. The van der Waals surface area contributed by atoms with Gasteiger partial charge in [0.25, 0.3) is 0 Å². The fourth-order valence-corrected chi connectivity index (χ4v) is 2.23. The number of likely N-dealkylation sites (N-methyl/N-ethyl adjacent to an activating group) is 1. The lowest BCUT2D eigenvalue weighted by Gasteiger charge is -2.32. The van der Waals surface area contributed by atoms with E-state index in [1.807, 2.05) is 11.8 Å². The van der Waals surface area contributed by atoms with Gasteiger partial charge in [-0.3, -0.25) is 4.90 Å². The Balaban J connectivity index is 3.94. The maximum absolute atomic E-state index is 5.80. The number of hydrogen-bond acceptors (Lipinski definition) is 3. The molecule has 0 aromatic carbocycles. The Morgan fingerprint density at radius 1 is 1.36 bits per heavy atom. The van der Waals surface area contributed by atoms with Crippen molar-refractivity contribution in [1.82, 2.24) is 4.90 Å². The summed E-state index contributed by atoms with van der Waals surface area (Å²) in [6.45, 7) is 5.32. The number of nitrogens with zero attached hydrogens (tertiary/aromatic N) is 1. The van der Waals surface area contributed by atoms with E-state index in [1.54, 1.807) is 0 Å². The first-order valence-electron chi connectivity index (χ1n) is 5.58. The molecule has 0 aliphatic carbocycles. The second-order valence-corrected chi connectivity index (χ2v) is 4.96. The van der Waals surface area contributed by atoms with E-state index in [9.17, 15) is 0 Å². The van der Waals surface area contributed by atoms with E-state index in [4.69, 9.17) is 5.73 Å². The molecule has 0 fully saturated rings. The highest BCUT2D eigenvalue weighted by Gasteiger charge is 2.17. The van der Waals surface area contributed by atoms with Crippen molar-refractivity contribution in [3.63, 3.8) is 0 Å². The molecule has 3 heteroatoms. The van der Waals surface area contributed by atoms with E-state index >= 15 is 0 Å². The summed E-state index contributed by atoms with van der Waals surface area (Å²) in [5.74, 6) is 1.21. The molecule has 0 spiro atoms. The van der Waals surface area contributed by atoms with Crippen LogP contribution in [0.25, 0.3) is 0 Å². The zero-order chi connectivity index (χ0) is 11.0. The van der Waals surface area contributed by atoms with Crippen LogP contribution in [0.3, 0.4) is 0 Å². The Kier molecular flexibility index (Phi) is 8.73. The summed E-state index contributed by atoms with van der Waals surface area (Å²) in [4.78, 5) is 2.44. The molecule has 2 nitrogen and oxygen atoms in total. The standard InChI is InChI=1S/C11H26N2S/c1-5-6-10(2)13(3)11(9-12)7-8-14-4/h10-11H,5-9,12H2,1-4H3. The van der Waals surface area contributed by atoms with E-state index in [2.05, 4.69) is 32.1 Å². The SMILES string of the molecule is CCCC(C)N(C)C(CN)CCSC. The van der Waals surface area contributed by atoms with Crippen LogP contribution in [0, 0.1) is 0 Å². The van der Waals surface area contributed by atoms with Gasteiger partial charge in [-0.25, -0.2) is 0 Å². The van der Waals surface area contributed by atoms with E-state index in [1.165, 1.54) is 25.0 Å². The first kappa shape index (κ1) is 14.3. The van der Waals surface area contributed by atoms with Gasteiger partial charge in [0.2, 0.25) is 0 Å². The van der Waals surface area contributed by atoms with Crippen LogP contribution >= 0.6 is 11.8 Å². The summed E-state index contributed by atoms with van der Waals surface area (Å²) in [7, 11) is 2.21. The molecular formula is C11H26N2S. The van der Waals surface area contributed by atoms with Gasteiger partial charge in [-0.1, -0.05) is 13.3 Å². The van der Waals surface area contributed by atoms with E-state index in [0.717, 1.165) is 6.54 Å². The molecule has 0 aliphatic rings. The maximum atomic E-state index is 5.80. The fraction of sp³-hybridized carbons (Fsp3) is 1.00. The van der Waals surface area contributed by atoms with Gasteiger partial charge in [0, 0.05) is 18.6 Å². The molecule has 0 bridgehead atoms. The zero-order valence-electron chi connectivity index (χ0n) is 10.1. The Morgan fingerprint density at radius 2 is 2.00 bits per heavy atom. The van der Waals surface area contributed by atoms with Gasteiger partial charge in [0.1, 0.15) is 0 Å². The largest absolute Gasteiger partial charge is 0.329 e. The number of nitrogens with two attached hydrogens (primary N) is 1. The highest BCUT2D eigenvalue weighted by Crippen LogP contribution is 2.12. The third-order valence-electron chi connectivity index (χ3n) is 2.90. The van der Waals surface area contributed by atoms with Gasteiger partial charge in [-0.05, 0) is 38.8 Å². The zero-order valence-corrected chi connectivity index (χ0v) is 10.9. The lowest BCUT2D eigenvalue weighted by molar-refractivity contribution is 0.175.